The van der Waals surface area contributed by atoms with Gasteiger partial charge in [0, 0.05) is 18.1 Å². The molecule has 9 heteroatoms. The lowest BCUT2D eigenvalue weighted by Gasteiger charge is -2.31. The molecule has 0 bridgehead atoms. The minimum atomic E-state index is -3.65. The topological polar surface area (TPSA) is 79.4 Å². The van der Waals surface area contributed by atoms with E-state index in [1.807, 2.05) is 12.3 Å². The normalized spacial score (nSPS) is 18.2. The molecule has 2 aromatic rings. The molecule has 27 heavy (non-hydrogen) atoms. The molecule has 1 unspecified atom stereocenters. The zero-order valence-electron chi connectivity index (χ0n) is 14.8. The number of halogens is 1. The van der Waals surface area contributed by atoms with E-state index in [0.29, 0.717) is 30.1 Å². The van der Waals surface area contributed by atoms with Gasteiger partial charge in [0.1, 0.15) is 0 Å². The number of amides is 1. The molecule has 0 radical (unpaired) electrons. The highest BCUT2D eigenvalue weighted by molar-refractivity contribution is 7.98. The van der Waals surface area contributed by atoms with Gasteiger partial charge in [-0.25, -0.2) is 13.4 Å². The molecule has 1 aromatic heterocycles. The molecule has 1 aliphatic heterocycles. The van der Waals surface area contributed by atoms with Gasteiger partial charge < -0.3 is 5.32 Å². The van der Waals surface area contributed by atoms with E-state index in [2.05, 4.69) is 10.3 Å². The third kappa shape index (κ3) is 4.82. The molecule has 1 saturated heterocycles. The van der Waals surface area contributed by atoms with Gasteiger partial charge in [0.25, 0.3) is 0 Å². The van der Waals surface area contributed by atoms with Crippen molar-refractivity contribution in [1.29, 1.82) is 0 Å². The summed E-state index contributed by atoms with van der Waals surface area (Å²) in [5, 5.41) is 4.18. The molecule has 1 N–H and O–H groups in total. The Morgan fingerprint density at radius 2 is 2.00 bits per heavy atom. The summed E-state index contributed by atoms with van der Waals surface area (Å²) < 4.78 is 27.0. The first kappa shape index (κ1) is 20.1. The second-order valence-corrected chi connectivity index (χ2v) is 9.44. The van der Waals surface area contributed by atoms with Crippen LogP contribution < -0.4 is 5.32 Å². The Kier molecular flexibility index (Phi) is 6.41. The second kappa shape index (κ2) is 8.60. The lowest BCUT2D eigenvalue weighted by atomic mass is 9.99. The average molecular weight is 426 g/mol. The molecular weight excluding hydrogens is 406 g/mol. The lowest BCUT2D eigenvalue weighted by Crippen LogP contribution is -2.43. The Balaban J connectivity index is 1.69. The number of piperidine rings is 1. The van der Waals surface area contributed by atoms with Crippen molar-refractivity contribution in [2.24, 2.45) is 5.92 Å². The van der Waals surface area contributed by atoms with Crippen molar-refractivity contribution < 1.29 is 13.2 Å². The number of hydrogen-bond acceptors (Lipinski definition) is 5. The Bertz CT molecular complexity index is 902. The van der Waals surface area contributed by atoms with Crippen molar-refractivity contribution in [3.8, 4) is 0 Å². The third-order valence-electron chi connectivity index (χ3n) is 4.42. The van der Waals surface area contributed by atoms with Crippen LogP contribution in [0.5, 0.6) is 0 Å². The summed E-state index contributed by atoms with van der Waals surface area (Å²) >= 11 is 7.36. The van der Waals surface area contributed by atoms with Crippen LogP contribution in [0.1, 0.15) is 12.8 Å². The molecule has 0 spiro atoms. The number of carbonyl (C=O) groups is 1. The first-order valence-corrected chi connectivity index (χ1v) is 11.5. The van der Waals surface area contributed by atoms with Gasteiger partial charge in [-0.2, -0.15) is 4.31 Å². The summed E-state index contributed by atoms with van der Waals surface area (Å²) in [5.74, 6) is -0.592. The zero-order valence-corrected chi connectivity index (χ0v) is 17.1. The molecule has 1 aromatic carbocycles. The number of pyridine rings is 1. The standard InChI is InChI=1S/C18H20ClN3O3S2/c1-26-17-9-6-15(11-20-17)21-18(23)13-3-2-10-22(12-13)27(24,25)16-7-4-14(19)5-8-16/h4-9,11,13H,2-3,10,12H2,1H3,(H,21,23). The number of nitrogens with zero attached hydrogens (tertiary/aromatic N) is 2. The maximum Gasteiger partial charge on any atom is 0.243 e. The summed E-state index contributed by atoms with van der Waals surface area (Å²) in [6, 6.07) is 9.70. The number of thioether (sulfide) groups is 1. The second-order valence-electron chi connectivity index (χ2n) is 6.23. The number of aromatic nitrogens is 1. The fourth-order valence-corrected chi connectivity index (χ4v) is 4.96. The van der Waals surface area contributed by atoms with Crippen LogP contribution in [0, 0.1) is 5.92 Å². The van der Waals surface area contributed by atoms with E-state index < -0.39 is 15.9 Å². The van der Waals surface area contributed by atoms with Crippen LogP contribution in [0.4, 0.5) is 5.69 Å². The molecule has 0 aliphatic carbocycles. The first-order valence-electron chi connectivity index (χ1n) is 8.47. The molecule has 1 fully saturated rings. The Morgan fingerprint density at radius 3 is 2.63 bits per heavy atom. The van der Waals surface area contributed by atoms with Gasteiger partial charge in [-0.05, 0) is 55.5 Å². The summed E-state index contributed by atoms with van der Waals surface area (Å²) in [6.45, 7) is 0.561. The highest BCUT2D eigenvalue weighted by atomic mass is 35.5. The summed E-state index contributed by atoms with van der Waals surface area (Å²) in [4.78, 5) is 17.0. The van der Waals surface area contributed by atoms with Crippen molar-refractivity contribution in [3.05, 3.63) is 47.6 Å². The van der Waals surface area contributed by atoms with Crippen LogP contribution in [0.25, 0.3) is 0 Å². The van der Waals surface area contributed by atoms with Gasteiger partial charge in [0.2, 0.25) is 15.9 Å². The molecule has 2 heterocycles. The fraction of sp³-hybridized carbons (Fsp3) is 0.333. The van der Waals surface area contributed by atoms with Crippen LogP contribution in [0.15, 0.2) is 52.5 Å². The van der Waals surface area contributed by atoms with E-state index in [4.69, 9.17) is 11.6 Å². The van der Waals surface area contributed by atoms with Crippen LogP contribution >= 0.6 is 23.4 Å². The summed E-state index contributed by atoms with van der Waals surface area (Å²) in [6.07, 6.45) is 4.82. The maximum absolute atomic E-state index is 12.8. The van der Waals surface area contributed by atoms with E-state index in [9.17, 15) is 13.2 Å². The van der Waals surface area contributed by atoms with Crippen molar-refractivity contribution in [2.45, 2.75) is 22.8 Å². The monoisotopic (exact) mass is 425 g/mol. The van der Waals surface area contributed by atoms with Gasteiger partial charge >= 0.3 is 0 Å². The molecule has 3 rings (SSSR count). The molecule has 1 amide bonds. The van der Waals surface area contributed by atoms with Gasteiger partial charge in [0.05, 0.1) is 27.7 Å². The van der Waals surface area contributed by atoms with Crippen LogP contribution in [-0.4, -0.2) is 43.0 Å². The van der Waals surface area contributed by atoms with Gasteiger partial charge in [-0.3, -0.25) is 4.79 Å². The molecule has 1 aliphatic rings. The fourth-order valence-electron chi connectivity index (χ4n) is 2.95. The predicted molar refractivity (Wildman–Crippen MR) is 108 cm³/mol. The molecule has 1 atom stereocenters. The Morgan fingerprint density at radius 1 is 1.26 bits per heavy atom. The van der Waals surface area contributed by atoms with Crippen molar-refractivity contribution in [3.63, 3.8) is 0 Å². The minimum Gasteiger partial charge on any atom is -0.324 e. The number of benzene rings is 1. The van der Waals surface area contributed by atoms with Gasteiger partial charge in [-0.15, -0.1) is 11.8 Å². The maximum atomic E-state index is 12.8. The quantitative estimate of drug-likeness (QED) is 0.741. The zero-order chi connectivity index (χ0) is 19.4. The predicted octanol–water partition coefficient (Wildman–Crippen LogP) is 3.50. The van der Waals surface area contributed by atoms with Crippen LogP contribution in [0.2, 0.25) is 5.02 Å². The number of sulfonamides is 1. The largest absolute Gasteiger partial charge is 0.324 e. The van der Waals surface area contributed by atoms with E-state index in [-0.39, 0.29) is 17.3 Å². The number of anilines is 1. The minimum absolute atomic E-state index is 0.160. The molecular formula is C18H20ClN3O3S2. The molecule has 6 nitrogen and oxygen atoms in total. The van der Waals surface area contributed by atoms with Crippen LogP contribution in [0.3, 0.4) is 0 Å². The number of nitrogens with one attached hydrogen (secondary N) is 1. The number of carbonyl (C=O) groups excluding carboxylic acids is 1. The van der Waals surface area contributed by atoms with Gasteiger partial charge in [0.15, 0.2) is 0 Å². The summed E-state index contributed by atoms with van der Waals surface area (Å²) in [7, 11) is -3.65. The number of hydrogen-bond donors (Lipinski definition) is 1. The van der Waals surface area contributed by atoms with E-state index in [1.165, 1.54) is 28.2 Å². The third-order valence-corrected chi connectivity index (χ3v) is 7.21. The Labute approximate surface area is 168 Å². The van der Waals surface area contributed by atoms with E-state index >= 15 is 0 Å². The van der Waals surface area contributed by atoms with E-state index in [0.717, 1.165) is 5.03 Å². The van der Waals surface area contributed by atoms with Gasteiger partial charge in [-0.1, -0.05) is 11.6 Å². The average Bonchev–Trinajstić information content (AvgIpc) is 2.69. The van der Waals surface area contributed by atoms with Crippen molar-refractivity contribution in [2.75, 3.05) is 24.7 Å². The molecule has 144 valence electrons. The van der Waals surface area contributed by atoms with Crippen molar-refractivity contribution in [1.82, 2.24) is 9.29 Å². The summed E-state index contributed by atoms with van der Waals surface area (Å²) in [5.41, 5.74) is 0.607. The molecule has 0 saturated carbocycles. The SMILES string of the molecule is CSc1ccc(NC(=O)C2CCCN(S(=O)(=O)c3ccc(Cl)cc3)C2)cn1. The van der Waals surface area contributed by atoms with Crippen LogP contribution in [-0.2, 0) is 14.8 Å². The lowest BCUT2D eigenvalue weighted by molar-refractivity contribution is -0.120. The highest BCUT2D eigenvalue weighted by Gasteiger charge is 2.33. The highest BCUT2D eigenvalue weighted by Crippen LogP contribution is 2.25. The smallest absolute Gasteiger partial charge is 0.243 e. The Hall–Kier alpha value is -1.61. The van der Waals surface area contributed by atoms with E-state index in [1.54, 1.807) is 24.4 Å². The van der Waals surface area contributed by atoms with Crippen molar-refractivity contribution >= 4 is 45.0 Å². The number of rotatable bonds is 5. The first-order chi connectivity index (χ1) is 12.9.